The Hall–Kier alpha value is -3.91. The maximum Gasteiger partial charge on any atom is 0.252 e. The van der Waals surface area contributed by atoms with Gasteiger partial charge in [0.25, 0.3) is 5.91 Å². The Kier molecular flexibility index (Phi) is 6.63. The molecule has 2 N–H and O–H groups in total. The van der Waals surface area contributed by atoms with Gasteiger partial charge in [0, 0.05) is 43.1 Å². The summed E-state index contributed by atoms with van der Waals surface area (Å²) in [6.45, 7) is 2.90. The molecule has 2 aromatic carbocycles. The first kappa shape index (κ1) is 22.9. The number of amides is 2. The zero-order chi connectivity index (χ0) is 24.2. The van der Waals surface area contributed by atoms with Gasteiger partial charge in [0.2, 0.25) is 11.9 Å². The fraction of sp³-hybridized carbons (Fsp3) is 0.231. The Balaban J connectivity index is 1.34. The van der Waals surface area contributed by atoms with Crippen LogP contribution in [0.4, 0.5) is 11.5 Å². The van der Waals surface area contributed by atoms with Crippen LogP contribution in [-0.2, 0) is 9.59 Å². The minimum atomic E-state index is -0.867. The van der Waals surface area contributed by atoms with Crippen LogP contribution in [-0.4, -0.2) is 59.9 Å². The van der Waals surface area contributed by atoms with Crippen LogP contribution in [0.15, 0.2) is 84.0 Å². The van der Waals surface area contributed by atoms with Gasteiger partial charge in [0.1, 0.15) is 11.9 Å². The molecular formula is C26H25ClN6O2. The zero-order valence-electron chi connectivity index (χ0n) is 19.0. The lowest BCUT2D eigenvalue weighted by atomic mass is 9.90. The van der Waals surface area contributed by atoms with E-state index in [1.165, 1.54) is 0 Å². The molecule has 35 heavy (non-hydrogen) atoms. The van der Waals surface area contributed by atoms with Gasteiger partial charge in [-0.05, 0) is 42.0 Å². The van der Waals surface area contributed by atoms with Crippen LogP contribution in [0.5, 0.6) is 0 Å². The van der Waals surface area contributed by atoms with E-state index in [2.05, 4.69) is 25.4 Å². The number of aromatic nitrogens is 1. The summed E-state index contributed by atoms with van der Waals surface area (Å²) in [6.07, 6.45) is 1.78. The number of hydrogen-bond donors (Lipinski definition) is 2. The van der Waals surface area contributed by atoms with E-state index in [0.717, 1.165) is 24.5 Å². The van der Waals surface area contributed by atoms with Crippen LogP contribution >= 0.6 is 11.6 Å². The highest BCUT2D eigenvalue weighted by Crippen LogP contribution is 2.27. The van der Waals surface area contributed by atoms with E-state index in [4.69, 9.17) is 16.6 Å². The van der Waals surface area contributed by atoms with Gasteiger partial charge in [-0.15, -0.1) is 0 Å². The SMILES string of the molecule is O=C(Nc1ccc(Cl)cc1)[C@H](c1ccccc1)[C@H]1N=C(N2CCN(c3ccccn3)CC2)NC1=O. The average Bonchev–Trinajstić information content (AvgIpc) is 3.28. The summed E-state index contributed by atoms with van der Waals surface area (Å²) in [4.78, 5) is 39.8. The van der Waals surface area contributed by atoms with Gasteiger partial charge < -0.3 is 15.1 Å². The molecule has 1 saturated heterocycles. The summed E-state index contributed by atoms with van der Waals surface area (Å²) >= 11 is 5.97. The smallest absolute Gasteiger partial charge is 0.252 e. The van der Waals surface area contributed by atoms with Gasteiger partial charge in [-0.1, -0.05) is 48.0 Å². The van der Waals surface area contributed by atoms with Crippen LogP contribution in [0.3, 0.4) is 0 Å². The molecular weight excluding hydrogens is 464 g/mol. The lowest BCUT2D eigenvalue weighted by Crippen LogP contribution is -2.52. The monoisotopic (exact) mass is 488 g/mol. The predicted molar refractivity (Wildman–Crippen MR) is 137 cm³/mol. The maximum atomic E-state index is 13.4. The van der Waals surface area contributed by atoms with Crippen molar-refractivity contribution in [3.63, 3.8) is 0 Å². The number of anilines is 2. The Bertz CT molecular complexity index is 1210. The molecule has 8 nitrogen and oxygen atoms in total. The van der Waals surface area contributed by atoms with E-state index in [9.17, 15) is 9.59 Å². The highest BCUT2D eigenvalue weighted by molar-refractivity contribution is 6.30. The Morgan fingerprint density at radius 1 is 0.943 bits per heavy atom. The average molecular weight is 489 g/mol. The molecule has 1 aromatic heterocycles. The molecule has 2 aliphatic rings. The number of aliphatic imine (C=N–C) groups is 1. The van der Waals surface area contributed by atoms with Crippen molar-refractivity contribution in [3.05, 3.63) is 89.6 Å². The summed E-state index contributed by atoms with van der Waals surface area (Å²) < 4.78 is 0. The number of rotatable bonds is 5. The van der Waals surface area contributed by atoms with Crippen molar-refractivity contribution in [3.8, 4) is 0 Å². The van der Waals surface area contributed by atoms with Crippen molar-refractivity contribution in [1.82, 2.24) is 15.2 Å². The van der Waals surface area contributed by atoms with E-state index in [0.29, 0.717) is 29.8 Å². The minimum Gasteiger partial charge on any atom is -0.353 e. The molecule has 0 bridgehead atoms. The van der Waals surface area contributed by atoms with E-state index in [-0.39, 0.29) is 11.8 Å². The van der Waals surface area contributed by atoms with Crippen LogP contribution in [0.1, 0.15) is 11.5 Å². The molecule has 2 atom stereocenters. The first-order valence-electron chi connectivity index (χ1n) is 11.5. The Morgan fingerprint density at radius 3 is 2.31 bits per heavy atom. The van der Waals surface area contributed by atoms with Crippen molar-refractivity contribution >= 4 is 40.9 Å². The van der Waals surface area contributed by atoms with Gasteiger partial charge >= 0.3 is 0 Å². The summed E-state index contributed by atoms with van der Waals surface area (Å²) in [5.41, 5.74) is 1.33. The van der Waals surface area contributed by atoms with Crippen molar-refractivity contribution < 1.29 is 9.59 Å². The van der Waals surface area contributed by atoms with Gasteiger partial charge in [-0.3, -0.25) is 14.9 Å². The number of piperazine rings is 1. The molecule has 3 aromatic rings. The van der Waals surface area contributed by atoms with E-state index in [1.54, 1.807) is 30.5 Å². The van der Waals surface area contributed by atoms with Crippen molar-refractivity contribution in [1.29, 1.82) is 0 Å². The number of hydrogen-bond acceptors (Lipinski definition) is 6. The van der Waals surface area contributed by atoms with Crippen LogP contribution < -0.4 is 15.5 Å². The zero-order valence-corrected chi connectivity index (χ0v) is 19.7. The van der Waals surface area contributed by atoms with E-state index in [1.807, 2.05) is 48.5 Å². The van der Waals surface area contributed by atoms with E-state index >= 15 is 0 Å². The third kappa shape index (κ3) is 5.12. The summed E-state index contributed by atoms with van der Waals surface area (Å²) in [7, 11) is 0. The molecule has 0 unspecified atom stereocenters. The van der Waals surface area contributed by atoms with Crippen LogP contribution in [0.25, 0.3) is 0 Å². The highest BCUT2D eigenvalue weighted by atomic mass is 35.5. The molecule has 0 saturated carbocycles. The molecule has 178 valence electrons. The topological polar surface area (TPSA) is 89.9 Å². The predicted octanol–water partition coefficient (Wildman–Crippen LogP) is 3.13. The maximum absolute atomic E-state index is 13.4. The number of carbonyl (C=O) groups excluding carboxylic acids is 2. The normalized spacial score (nSPS) is 18.6. The molecule has 0 radical (unpaired) electrons. The second-order valence-corrected chi connectivity index (χ2v) is 8.87. The fourth-order valence-electron chi connectivity index (χ4n) is 4.37. The van der Waals surface area contributed by atoms with E-state index < -0.39 is 12.0 Å². The van der Waals surface area contributed by atoms with Gasteiger partial charge in [-0.2, -0.15) is 0 Å². The molecule has 0 spiro atoms. The van der Waals surface area contributed by atoms with Gasteiger partial charge in [-0.25, -0.2) is 9.98 Å². The quantitative estimate of drug-likeness (QED) is 0.576. The Labute approximate surface area is 208 Å². The highest BCUT2D eigenvalue weighted by Gasteiger charge is 2.40. The first-order chi connectivity index (χ1) is 17.1. The van der Waals surface area contributed by atoms with Crippen molar-refractivity contribution in [2.75, 3.05) is 36.4 Å². The van der Waals surface area contributed by atoms with Crippen LogP contribution in [0, 0.1) is 0 Å². The molecule has 1 fully saturated rings. The molecule has 3 heterocycles. The number of nitrogens with zero attached hydrogens (tertiary/aromatic N) is 4. The number of nitrogens with one attached hydrogen (secondary N) is 2. The van der Waals surface area contributed by atoms with Crippen LogP contribution in [0.2, 0.25) is 5.02 Å². The number of guanidine groups is 1. The largest absolute Gasteiger partial charge is 0.353 e. The number of benzene rings is 2. The third-order valence-corrected chi connectivity index (χ3v) is 6.44. The second kappa shape index (κ2) is 10.1. The summed E-state index contributed by atoms with van der Waals surface area (Å²) in [5.74, 6) is 0.0847. The Morgan fingerprint density at radius 2 is 1.63 bits per heavy atom. The van der Waals surface area contributed by atoms with Gasteiger partial charge in [0.15, 0.2) is 0 Å². The van der Waals surface area contributed by atoms with Crippen molar-refractivity contribution in [2.45, 2.75) is 12.0 Å². The molecule has 2 aliphatic heterocycles. The number of carbonyl (C=O) groups is 2. The fourth-order valence-corrected chi connectivity index (χ4v) is 4.50. The van der Waals surface area contributed by atoms with Crippen molar-refractivity contribution in [2.24, 2.45) is 4.99 Å². The molecule has 9 heteroatoms. The molecule has 0 aliphatic carbocycles. The lowest BCUT2D eigenvalue weighted by Gasteiger charge is -2.36. The molecule has 5 rings (SSSR count). The second-order valence-electron chi connectivity index (χ2n) is 8.43. The minimum absolute atomic E-state index is 0.285. The summed E-state index contributed by atoms with van der Waals surface area (Å²) in [6, 6.07) is 21.1. The molecule has 2 amide bonds. The first-order valence-corrected chi connectivity index (χ1v) is 11.9. The number of pyridine rings is 1. The summed E-state index contributed by atoms with van der Waals surface area (Å²) in [5, 5.41) is 6.40. The standard InChI is InChI=1S/C26H25ClN6O2/c27-19-9-11-20(12-10-19)29-24(34)22(18-6-2-1-3-7-18)23-25(35)31-26(30-23)33-16-14-32(15-17-33)21-8-4-5-13-28-21/h1-13,22-23H,14-17H2,(H,29,34)(H,30,31,35)/t22-,23-/m1/s1. The van der Waals surface area contributed by atoms with Gasteiger partial charge in [0.05, 0.1) is 5.92 Å². The lowest BCUT2D eigenvalue weighted by molar-refractivity contribution is -0.125. The third-order valence-electron chi connectivity index (χ3n) is 6.19. The number of halogens is 1.